The molecule has 0 radical (unpaired) electrons. The van der Waals surface area contributed by atoms with E-state index in [4.69, 9.17) is 10.5 Å². The monoisotopic (exact) mass is 327 g/mol. The molecule has 0 fully saturated rings. The molecule has 6 heteroatoms. The van der Waals surface area contributed by atoms with E-state index in [0.29, 0.717) is 13.1 Å². The highest BCUT2D eigenvalue weighted by molar-refractivity contribution is 9.10. The maximum Gasteiger partial charge on any atom is 0.183 e. The van der Waals surface area contributed by atoms with E-state index < -0.39 is 0 Å². The molecule has 0 saturated heterocycles. The Morgan fingerprint density at radius 1 is 1.50 bits per heavy atom. The number of hydrogen-bond donors (Lipinski definition) is 2. The molecule has 0 saturated carbocycles. The minimum absolute atomic E-state index is 0.527. The van der Waals surface area contributed by atoms with Crippen LogP contribution in [0.4, 0.5) is 5.13 Å². The SMILES string of the molecule is COc1ccc(Br)cc1CNc1ncc(CN)s1. The van der Waals surface area contributed by atoms with Gasteiger partial charge in [-0.15, -0.1) is 11.3 Å². The van der Waals surface area contributed by atoms with Gasteiger partial charge in [-0.2, -0.15) is 0 Å². The van der Waals surface area contributed by atoms with Gasteiger partial charge in [0.25, 0.3) is 0 Å². The van der Waals surface area contributed by atoms with Crippen molar-refractivity contribution < 1.29 is 4.74 Å². The number of halogens is 1. The van der Waals surface area contributed by atoms with Crippen molar-refractivity contribution in [2.75, 3.05) is 12.4 Å². The molecule has 0 spiro atoms. The maximum absolute atomic E-state index is 5.55. The van der Waals surface area contributed by atoms with E-state index in [9.17, 15) is 0 Å². The van der Waals surface area contributed by atoms with Crippen LogP contribution < -0.4 is 15.8 Å². The Kier molecular flexibility index (Phi) is 4.57. The van der Waals surface area contributed by atoms with Gasteiger partial charge in [-0.1, -0.05) is 15.9 Å². The van der Waals surface area contributed by atoms with Crippen molar-refractivity contribution in [1.82, 2.24) is 4.98 Å². The molecule has 0 unspecified atom stereocenters. The van der Waals surface area contributed by atoms with E-state index in [2.05, 4.69) is 26.2 Å². The average molecular weight is 328 g/mol. The number of methoxy groups -OCH3 is 1. The van der Waals surface area contributed by atoms with Crippen LogP contribution in [-0.2, 0) is 13.1 Å². The fourth-order valence-corrected chi connectivity index (χ4v) is 2.64. The fraction of sp³-hybridized carbons (Fsp3) is 0.250. The molecule has 0 aliphatic rings. The Hall–Kier alpha value is -1.11. The Morgan fingerprint density at radius 3 is 3.00 bits per heavy atom. The van der Waals surface area contributed by atoms with Crippen molar-refractivity contribution in [3.05, 3.63) is 39.3 Å². The largest absolute Gasteiger partial charge is 0.496 e. The molecule has 2 rings (SSSR count). The van der Waals surface area contributed by atoms with E-state index in [1.54, 1.807) is 24.6 Å². The number of hydrogen-bond acceptors (Lipinski definition) is 5. The lowest BCUT2D eigenvalue weighted by Crippen LogP contribution is -2.01. The fourth-order valence-electron chi connectivity index (χ4n) is 1.54. The number of anilines is 1. The number of aromatic nitrogens is 1. The Bertz CT molecular complexity index is 530. The molecule has 4 nitrogen and oxygen atoms in total. The highest BCUT2D eigenvalue weighted by Crippen LogP contribution is 2.25. The molecular weight excluding hydrogens is 314 g/mol. The molecule has 2 aromatic rings. The van der Waals surface area contributed by atoms with E-state index in [0.717, 1.165) is 25.8 Å². The number of nitrogens with two attached hydrogens (primary N) is 1. The lowest BCUT2D eigenvalue weighted by molar-refractivity contribution is 0.410. The summed E-state index contributed by atoms with van der Waals surface area (Å²) in [6.45, 7) is 1.19. The first-order chi connectivity index (χ1) is 8.72. The Labute approximate surface area is 118 Å². The van der Waals surface area contributed by atoms with Gasteiger partial charge < -0.3 is 15.8 Å². The summed E-state index contributed by atoms with van der Waals surface area (Å²) in [7, 11) is 1.67. The van der Waals surface area contributed by atoms with Gasteiger partial charge in [0, 0.05) is 34.2 Å². The Balaban J connectivity index is 2.07. The molecule has 0 amide bonds. The topological polar surface area (TPSA) is 60.2 Å². The molecular formula is C12H14BrN3OS. The molecule has 0 aliphatic heterocycles. The van der Waals surface area contributed by atoms with Crippen LogP contribution in [0.25, 0.3) is 0 Å². The summed E-state index contributed by atoms with van der Waals surface area (Å²) in [5, 5.41) is 4.14. The van der Waals surface area contributed by atoms with Crippen LogP contribution in [0.5, 0.6) is 5.75 Å². The molecule has 18 heavy (non-hydrogen) atoms. The van der Waals surface area contributed by atoms with Gasteiger partial charge in [-0.05, 0) is 18.2 Å². The van der Waals surface area contributed by atoms with Crippen LogP contribution in [0.1, 0.15) is 10.4 Å². The molecule has 1 heterocycles. The number of benzene rings is 1. The standard InChI is InChI=1S/C12H14BrN3OS/c1-17-11-3-2-9(13)4-8(11)6-15-12-16-7-10(5-14)18-12/h2-4,7H,5-6,14H2,1H3,(H,15,16). The zero-order chi connectivity index (χ0) is 13.0. The van der Waals surface area contributed by atoms with Crippen LogP contribution in [0, 0.1) is 0 Å². The zero-order valence-corrected chi connectivity index (χ0v) is 12.3. The maximum atomic E-state index is 5.55. The minimum atomic E-state index is 0.527. The van der Waals surface area contributed by atoms with Crippen LogP contribution in [0.15, 0.2) is 28.9 Å². The lowest BCUT2D eigenvalue weighted by Gasteiger charge is -2.09. The second-order valence-corrected chi connectivity index (χ2v) is 5.68. The summed E-state index contributed by atoms with van der Waals surface area (Å²) >= 11 is 5.02. The van der Waals surface area contributed by atoms with Crippen LogP contribution >= 0.6 is 27.3 Å². The van der Waals surface area contributed by atoms with Crippen molar-refractivity contribution in [2.45, 2.75) is 13.1 Å². The van der Waals surface area contributed by atoms with Crippen LogP contribution in [0.2, 0.25) is 0 Å². The van der Waals surface area contributed by atoms with Gasteiger partial charge in [0.05, 0.1) is 7.11 Å². The highest BCUT2D eigenvalue weighted by Gasteiger charge is 2.05. The molecule has 0 aliphatic carbocycles. The Morgan fingerprint density at radius 2 is 2.33 bits per heavy atom. The third kappa shape index (κ3) is 3.22. The molecule has 1 aromatic heterocycles. The summed E-state index contributed by atoms with van der Waals surface area (Å²) in [4.78, 5) is 5.32. The predicted octanol–water partition coefficient (Wildman–Crippen LogP) is 2.98. The van der Waals surface area contributed by atoms with E-state index >= 15 is 0 Å². The summed E-state index contributed by atoms with van der Waals surface area (Å²) in [5.74, 6) is 0.862. The number of rotatable bonds is 5. The third-order valence-corrected chi connectivity index (χ3v) is 3.90. The van der Waals surface area contributed by atoms with Gasteiger partial charge in [-0.3, -0.25) is 0 Å². The van der Waals surface area contributed by atoms with Gasteiger partial charge in [-0.25, -0.2) is 4.98 Å². The molecule has 96 valence electrons. The third-order valence-electron chi connectivity index (χ3n) is 2.43. The predicted molar refractivity (Wildman–Crippen MR) is 78.0 cm³/mol. The smallest absolute Gasteiger partial charge is 0.183 e. The summed E-state index contributed by atoms with van der Waals surface area (Å²) in [6, 6.07) is 5.93. The van der Waals surface area contributed by atoms with Crippen molar-refractivity contribution in [3.63, 3.8) is 0 Å². The lowest BCUT2D eigenvalue weighted by atomic mass is 10.2. The summed E-state index contributed by atoms with van der Waals surface area (Å²) < 4.78 is 6.35. The number of nitrogens with zero attached hydrogens (tertiary/aromatic N) is 1. The van der Waals surface area contributed by atoms with E-state index in [1.807, 2.05) is 18.2 Å². The van der Waals surface area contributed by atoms with Gasteiger partial charge in [0.2, 0.25) is 0 Å². The van der Waals surface area contributed by atoms with Gasteiger partial charge in [0.15, 0.2) is 5.13 Å². The number of ether oxygens (including phenoxy) is 1. The molecule has 1 aromatic carbocycles. The average Bonchev–Trinajstić information content (AvgIpc) is 2.84. The van der Waals surface area contributed by atoms with Gasteiger partial charge >= 0.3 is 0 Å². The first-order valence-corrected chi connectivity index (χ1v) is 7.05. The van der Waals surface area contributed by atoms with E-state index in [-0.39, 0.29) is 0 Å². The van der Waals surface area contributed by atoms with E-state index in [1.165, 1.54) is 0 Å². The zero-order valence-electron chi connectivity index (χ0n) is 9.94. The number of nitrogens with one attached hydrogen (secondary N) is 1. The second-order valence-electron chi connectivity index (χ2n) is 3.65. The first kappa shape index (κ1) is 13.3. The van der Waals surface area contributed by atoms with Crippen molar-refractivity contribution >= 4 is 32.4 Å². The minimum Gasteiger partial charge on any atom is -0.496 e. The van der Waals surface area contributed by atoms with Crippen molar-refractivity contribution in [1.29, 1.82) is 0 Å². The first-order valence-electron chi connectivity index (χ1n) is 5.44. The van der Waals surface area contributed by atoms with Crippen molar-refractivity contribution in [3.8, 4) is 5.75 Å². The molecule has 3 N–H and O–H groups in total. The normalized spacial score (nSPS) is 10.4. The number of thiazole rings is 1. The summed E-state index contributed by atoms with van der Waals surface area (Å²) in [6.07, 6.45) is 1.80. The molecule has 0 bridgehead atoms. The molecule has 0 atom stereocenters. The highest BCUT2D eigenvalue weighted by atomic mass is 79.9. The summed E-state index contributed by atoms with van der Waals surface area (Å²) in [5.41, 5.74) is 6.63. The van der Waals surface area contributed by atoms with Crippen molar-refractivity contribution in [2.24, 2.45) is 5.73 Å². The van der Waals surface area contributed by atoms with Crippen LogP contribution in [0.3, 0.4) is 0 Å². The second kappa shape index (κ2) is 6.17. The van der Waals surface area contributed by atoms with Crippen LogP contribution in [-0.4, -0.2) is 12.1 Å². The quantitative estimate of drug-likeness (QED) is 0.886. The van der Waals surface area contributed by atoms with Gasteiger partial charge in [0.1, 0.15) is 5.75 Å².